The molecule has 0 saturated carbocycles. The number of nitrogens with zero attached hydrogens (tertiary/aromatic N) is 1. The van der Waals surface area contributed by atoms with Crippen LogP contribution < -0.4 is 0 Å². The number of ketones is 1. The lowest BCUT2D eigenvalue weighted by molar-refractivity contribution is -0.122. The molecule has 104 valence electrons. The van der Waals surface area contributed by atoms with E-state index >= 15 is 0 Å². The van der Waals surface area contributed by atoms with Crippen LogP contribution in [-0.4, -0.2) is 10.8 Å². The van der Waals surface area contributed by atoms with Gasteiger partial charge in [0.05, 0.1) is 11.6 Å². The Bertz CT molecular complexity index is 459. The van der Waals surface area contributed by atoms with Crippen molar-refractivity contribution in [2.75, 3.05) is 0 Å². The van der Waals surface area contributed by atoms with Gasteiger partial charge in [0.2, 0.25) is 0 Å². The summed E-state index contributed by atoms with van der Waals surface area (Å²) in [5, 5.41) is 0. The molecule has 2 atom stereocenters. The molecule has 0 aromatic carbocycles. The van der Waals surface area contributed by atoms with Crippen LogP contribution in [0.2, 0.25) is 0 Å². The molecule has 0 spiro atoms. The number of carbonyl (C=O) groups is 1. The van der Waals surface area contributed by atoms with Gasteiger partial charge in [-0.2, -0.15) is 0 Å². The highest BCUT2D eigenvalue weighted by Gasteiger charge is 2.30. The van der Waals surface area contributed by atoms with Crippen molar-refractivity contribution >= 4 is 5.78 Å². The number of pyridine rings is 1. The normalized spacial score (nSPS) is 20.7. The molecule has 1 aromatic heterocycles. The van der Waals surface area contributed by atoms with Crippen molar-refractivity contribution < 1.29 is 4.79 Å². The van der Waals surface area contributed by atoms with Crippen LogP contribution in [0.25, 0.3) is 0 Å². The van der Waals surface area contributed by atoms with Crippen molar-refractivity contribution in [2.24, 2.45) is 11.3 Å². The van der Waals surface area contributed by atoms with Gasteiger partial charge in [-0.1, -0.05) is 33.8 Å². The second-order valence-corrected chi connectivity index (χ2v) is 6.93. The van der Waals surface area contributed by atoms with Gasteiger partial charge in [-0.3, -0.25) is 9.78 Å². The van der Waals surface area contributed by atoms with Gasteiger partial charge in [0.1, 0.15) is 5.78 Å². The molecule has 1 heterocycles. The number of rotatable bonds is 3. The highest BCUT2D eigenvalue weighted by Crippen LogP contribution is 2.35. The monoisotopic (exact) mass is 259 g/mol. The minimum atomic E-state index is 0.0368. The summed E-state index contributed by atoms with van der Waals surface area (Å²) in [6, 6.07) is 4.10. The molecule has 2 heteroatoms. The van der Waals surface area contributed by atoms with Crippen LogP contribution in [0, 0.1) is 11.3 Å². The van der Waals surface area contributed by atoms with E-state index in [-0.39, 0.29) is 11.3 Å². The first kappa shape index (κ1) is 14.2. The summed E-state index contributed by atoms with van der Waals surface area (Å²) in [7, 11) is 0. The number of hydrogen-bond acceptors (Lipinski definition) is 2. The van der Waals surface area contributed by atoms with Crippen LogP contribution in [0.1, 0.15) is 64.1 Å². The van der Waals surface area contributed by atoms with Gasteiger partial charge in [0.25, 0.3) is 0 Å². The number of fused-ring (bicyclic) bond motifs is 1. The summed E-state index contributed by atoms with van der Waals surface area (Å²) in [5.41, 5.74) is 2.51. The van der Waals surface area contributed by atoms with Crippen LogP contribution in [-0.2, 0) is 11.2 Å². The maximum Gasteiger partial charge on any atom is 0.142 e. The second-order valence-electron chi connectivity index (χ2n) is 6.93. The number of Topliss-reactive ketones (excluding diaryl/α,β-unsaturated/α-hetero) is 1. The van der Waals surface area contributed by atoms with Gasteiger partial charge in [0.15, 0.2) is 0 Å². The van der Waals surface area contributed by atoms with Crippen molar-refractivity contribution in [3.05, 3.63) is 29.6 Å². The van der Waals surface area contributed by atoms with Gasteiger partial charge in [0, 0.05) is 12.6 Å². The van der Waals surface area contributed by atoms with Crippen molar-refractivity contribution in [3.63, 3.8) is 0 Å². The molecule has 0 fully saturated rings. The zero-order chi connectivity index (χ0) is 14.0. The minimum absolute atomic E-state index is 0.0368. The highest BCUT2D eigenvalue weighted by atomic mass is 16.1. The zero-order valence-corrected chi connectivity index (χ0v) is 12.6. The Kier molecular flexibility index (Phi) is 4.07. The van der Waals surface area contributed by atoms with E-state index in [4.69, 9.17) is 0 Å². The first-order valence-corrected chi connectivity index (χ1v) is 7.36. The summed E-state index contributed by atoms with van der Waals surface area (Å²) in [6.45, 7) is 8.80. The van der Waals surface area contributed by atoms with E-state index < -0.39 is 0 Å². The SMILES string of the molecule is CC(CC(=O)C1CCCc2cccnc21)C(C)(C)C. The van der Waals surface area contributed by atoms with Crippen molar-refractivity contribution in [1.82, 2.24) is 4.98 Å². The Morgan fingerprint density at radius 1 is 1.47 bits per heavy atom. The Morgan fingerprint density at radius 3 is 2.89 bits per heavy atom. The van der Waals surface area contributed by atoms with Crippen LogP contribution in [0.5, 0.6) is 0 Å². The quantitative estimate of drug-likeness (QED) is 0.816. The van der Waals surface area contributed by atoms with E-state index in [0.717, 1.165) is 25.0 Å². The largest absolute Gasteiger partial charge is 0.299 e. The Balaban J connectivity index is 2.13. The number of aryl methyl sites for hydroxylation is 1. The molecule has 2 unspecified atom stereocenters. The van der Waals surface area contributed by atoms with E-state index in [1.54, 1.807) is 0 Å². The Hall–Kier alpha value is -1.18. The first-order valence-electron chi connectivity index (χ1n) is 7.36. The van der Waals surface area contributed by atoms with Crippen molar-refractivity contribution in [1.29, 1.82) is 0 Å². The standard InChI is InChI=1S/C17H25NO/c1-12(17(2,3)4)11-15(19)14-9-5-7-13-8-6-10-18-16(13)14/h6,8,10,12,14H,5,7,9,11H2,1-4H3. The predicted molar refractivity (Wildman–Crippen MR) is 78.2 cm³/mol. The van der Waals surface area contributed by atoms with Gasteiger partial charge < -0.3 is 0 Å². The van der Waals surface area contributed by atoms with Crippen molar-refractivity contribution in [3.8, 4) is 0 Å². The van der Waals surface area contributed by atoms with Gasteiger partial charge in [-0.25, -0.2) is 0 Å². The van der Waals surface area contributed by atoms with Gasteiger partial charge >= 0.3 is 0 Å². The average molecular weight is 259 g/mol. The van der Waals surface area contributed by atoms with Crippen LogP contribution in [0.15, 0.2) is 18.3 Å². The van der Waals surface area contributed by atoms with Gasteiger partial charge in [-0.05, 0) is 42.2 Å². The van der Waals surface area contributed by atoms with Crippen LogP contribution in [0.3, 0.4) is 0 Å². The number of hydrogen-bond donors (Lipinski definition) is 0. The third-order valence-corrected chi connectivity index (χ3v) is 4.57. The minimum Gasteiger partial charge on any atom is -0.299 e. The fourth-order valence-corrected chi connectivity index (χ4v) is 2.67. The van der Waals surface area contributed by atoms with E-state index in [9.17, 15) is 4.79 Å². The van der Waals surface area contributed by atoms with E-state index in [1.807, 2.05) is 12.3 Å². The Labute approximate surface area is 116 Å². The molecule has 0 aliphatic heterocycles. The van der Waals surface area contributed by atoms with E-state index in [2.05, 4.69) is 38.7 Å². The molecular formula is C17H25NO. The molecular weight excluding hydrogens is 234 g/mol. The lowest BCUT2D eigenvalue weighted by atomic mass is 9.75. The molecule has 1 aromatic rings. The molecule has 0 amide bonds. The summed E-state index contributed by atoms with van der Waals surface area (Å²) in [6.07, 6.45) is 5.64. The molecule has 2 rings (SSSR count). The fraction of sp³-hybridized carbons (Fsp3) is 0.647. The molecule has 2 nitrogen and oxygen atoms in total. The molecule has 1 aliphatic carbocycles. The van der Waals surface area contributed by atoms with Crippen molar-refractivity contribution in [2.45, 2.75) is 59.3 Å². The highest BCUT2D eigenvalue weighted by molar-refractivity contribution is 5.86. The second kappa shape index (κ2) is 5.44. The summed E-state index contributed by atoms with van der Waals surface area (Å²) in [5.74, 6) is 0.825. The molecule has 0 saturated heterocycles. The number of aromatic nitrogens is 1. The summed E-state index contributed by atoms with van der Waals surface area (Å²) >= 11 is 0. The van der Waals surface area contributed by atoms with E-state index in [0.29, 0.717) is 18.1 Å². The fourth-order valence-electron chi connectivity index (χ4n) is 2.67. The Morgan fingerprint density at radius 2 is 2.21 bits per heavy atom. The summed E-state index contributed by atoms with van der Waals surface area (Å²) in [4.78, 5) is 17.0. The maximum absolute atomic E-state index is 12.6. The lowest BCUT2D eigenvalue weighted by Gasteiger charge is -2.29. The zero-order valence-electron chi connectivity index (χ0n) is 12.6. The molecule has 1 aliphatic rings. The molecule has 0 N–H and O–H groups in total. The lowest BCUT2D eigenvalue weighted by Crippen LogP contribution is -2.26. The third-order valence-electron chi connectivity index (χ3n) is 4.57. The smallest absolute Gasteiger partial charge is 0.142 e. The maximum atomic E-state index is 12.6. The molecule has 0 radical (unpaired) electrons. The molecule has 0 bridgehead atoms. The van der Waals surface area contributed by atoms with Gasteiger partial charge in [-0.15, -0.1) is 0 Å². The topological polar surface area (TPSA) is 30.0 Å². The van der Waals surface area contributed by atoms with Crippen LogP contribution in [0.4, 0.5) is 0 Å². The van der Waals surface area contributed by atoms with E-state index in [1.165, 1.54) is 5.56 Å². The first-order chi connectivity index (χ1) is 8.89. The molecule has 19 heavy (non-hydrogen) atoms. The average Bonchev–Trinajstić information content (AvgIpc) is 2.36. The van der Waals surface area contributed by atoms with Crippen LogP contribution >= 0.6 is 0 Å². The third kappa shape index (κ3) is 3.23. The summed E-state index contributed by atoms with van der Waals surface area (Å²) < 4.78 is 0. The predicted octanol–water partition coefficient (Wildman–Crippen LogP) is 4.14. The number of carbonyl (C=O) groups excluding carboxylic acids is 1.